The molecular weight excluding hydrogens is 333 g/mol. The van der Waals surface area contributed by atoms with E-state index in [0.29, 0.717) is 5.56 Å². The molecule has 0 radical (unpaired) electrons. The van der Waals surface area contributed by atoms with E-state index in [1.54, 1.807) is 6.07 Å². The zero-order valence-electron chi connectivity index (χ0n) is 13.3. The van der Waals surface area contributed by atoms with Gasteiger partial charge in [-0.15, -0.1) is 0 Å². The molecule has 0 aliphatic heterocycles. The molecule has 1 aliphatic rings. The Kier molecular flexibility index (Phi) is 4.36. The molecule has 0 spiro atoms. The number of anilines is 1. The Morgan fingerprint density at radius 3 is 2.68 bits per heavy atom. The van der Waals surface area contributed by atoms with Crippen molar-refractivity contribution in [2.75, 3.05) is 12.3 Å². The van der Waals surface area contributed by atoms with Crippen molar-refractivity contribution >= 4 is 11.7 Å². The molecule has 2 aromatic rings. The highest BCUT2D eigenvalue weighted by atomic mass is 19.4. The van der Waals surface area contributed by atoms with Crippen molar-refractivity contribution in [1.29, 1.82) is 0 Å². The lowest BCUT2D eigenvalue weighted by molar-refractivity contribution is -0.137. The summed E-state index contributed by atoms with van der Waals surface area (Å²) >= 11 is 0. The van der Waals surface area contributed by atoms with Crippen LogP contribution in [0.2, 0.25) is 0 Å². The topological polar surface area (TPSA) is 80.9 Å². The highest BCUT2D eigenvalue weighted by Gasteiger charge is 2.40. The number of hydrogen-bond donors (Lipinski definition) is 2. The van der Waals surface area contributed by atoms with Crippen LogP contribution in [-0.4, -0.2) is 22.4 Å². The van der Waals surface area contributed by atoms with Gasteiger partial charge < -0.3 is 11.1 Å². The van der Waals surface area contributed by atoms with Crippen LogP contribution in [0, 0.1) is 0 Å². The summed E-state index contributed by atoms with van der Waals surface area (Å²) in [6.45, 7) is 0.238. The smallest absolute Gasteiger partial charge is 0.383 e. The number of carbonyl (C=O) groups excluding carboxylic acids is 1. The molecule has 1 aliphatic carbocycles. The number of carbonyl (C=O) groups is 1. The molecular formula is C17H17F3N4O. The zero-order chi connectivity index (χ0) is 18.1. The average molecular weight is 350 g/mol. The van der Waals surface area contributed by atoms with Gasteiger partial charge in [0.2, 0.25) is 0 Å². The van der Waals surface area contributed by atoms with Gasteiger partial charge in [-0.3, -0.25) is 4.79 Å². The fraction of sp³-hybridized carbons (Fsp3) is 0.353. The van der Waals surface area contributed by atoms with Crippen molar-refractivity contribution in [3.63, 3.8) is 0 Å². The van der Waals surface area contributed by atoms with E-state index in [2.05, 4.69) is 15.3 Å². The third kappa shape index (κ3) is 3.42. The van der Waals surface area contributed by atoms with E-state index < -0.39 is 23.1 Å². The summed E-state index contributed by atoms with van der Waals surface area (Å²) in [5.74, 6) is -0.370. The summed E-state index contributed by atoms with van der Waals surface area (Å²) in [6.07, 6.45) is 0.505. The third-order valence-electron chi connectivity index (χ3n) is 4.69. The van der Waals surface area contributed by atoms with Gasteiger partial charge in [0.15, 0.2) is 0 Å². The van der Waals surface area contributed by atoms with Crippen LogP contribution in [-0.2, 0) is 11.6 Å². The van der Waals surface area contributed by atoms with Gasteiger partial charge in [-0.2, -0.15) is 13.2 Å². The van der Waals surface area contributed by atoms with Crippen LogP contribution in [0.4, 0.5) is 19.0 Å². The fourth-order valence-corrected chi connectivity index (χ4v) is 3.06. The Morgan fingerprint density at radius 1 is 1.32 bits per heavy atom. The normalized spacial score (nSPS) is 16.1. The highest BCUT2D eigenvalue weighted by molar-refractivity contribution is 5.97. The van der Waals surface area contributed by atoms with Crippen molar-refractivity contribution in [1.82, 2.24) is 15.3 Å². The summed E-state index contributed by atoms with van der Waals surface area (Å²) < 4.78 is 38.9. The molecule has 3 N–H and O–H groups in total. The minimum atomic E-state index is -4.39. The predicted octanol–water partition coefficient (Wildman–Crippen LogP) is 2.93. The highest BCUT2D eigenvalue weighted by Crippen LogP contribution is 2.44. The molecule has 1 aromatic heterocycles. The number of nitrogens with two attached hydrogens (primary N) is 1. The largest absolute Gasteiger partial charge is 0.416 e. The molecule has 0 bridgehead atoms. The maximum Gasteiger partial charge on any atom is 0.416 e. The molecule has 5 nitrogen and oxygen atoms in total. The van der Waals surface area contributed by atoms with Gasteiger partial charge in [0.05, 0.1) is 11.1 Å². The van der Waals surface area contributed by atoms with Crippen molar-refractivity contribution in [2.45, 2.75) is 30.9 Å². The molecule has 1 fully saturated rings. The number of nitrogen functional groups attached to an aromatic ring is 1. The first-order chi connectivity index (χ1) is 11.8. The Bertz CT molecular complexity index is 787. The number of nitrogens with zero attached hydrogens (tertiary/aromatic N) is 2. The number of benzene rings is 1. The number of rotatable bonds is 4. The third-order valence-corrected chi connectivity index (χ3v) is 4.69. The minimum Gasteiger partial charge on any atom is -0.383 e. The van der Waals surface area contributed by atoms with E-state index in [1.165, 1.54) is 24.7 Å². The molecule has 1 saturated carbocycles. The second kappa shape index (κ2) is 6.34. The van der Waals surface area contributed by atoms with E-state index in [9.17, 15) is 18.0 Å². The maximum atomic E-state index is 13.0. The minimum absolute atomic E-state index is 0.0641. The molecule has 8 heteroatoms. The molecule has 0 atom stereocenters. The van der Waals surface area contributed by atoms with Crippen molar-refractivity contribution < 1.29 is 18.0 Å². The van der Waals surface area contributed by atoms with Crippen LogP contribution >= 0.6 is 0 Å². The predicted molar refractivity (Wildman–Crippen MR) is 85.8 cm³/mol. The fourth-order valence-electron chi connectivity index (χ4n) is 3.06. The summed E-state index contributed by atoms with van der Waals surface area (Å²) in [6, 6.07) is 5.31. The number of aromatic nitrogens is 2. The average Bonchev–Trinajstić information content (AvgIpc) is 2.53. The van der Waals surface area contributed by atoms with E-state index in [-0.39, 0.29) is 17.9 Å². The monoisotopic (exact) mass is 350 g/mol. The molecule has 0 unspecified atom stereocenters. The van der Waals surface area contributed by atoms with Gasteiger partial charge in [-0.1, -0.05) is 24.6 Å². The Balaban J connectivity index is 1.78. The van der Waals surface area contributed by atoms with Crippen molar-refractivity contribution in [3.8, 4) is 0 Å². The Hall–Kier alpha value is -2.64. The van der Waals surface area contributed by atoms with Gasteiger partial charge in [0, 0.05) is 18.2 Å². The molecule has 1 aromatic carbocycles. The molecule has 25 heavy (non-hydrogen) atoms. The van der Waals surface area contributed by atoms with Crippen molar-refractivity contribution in [2.24, 2.45) is 0 Å². The van der Waals surface area contributed by atoms with Gasteiger partial charge >= 0.3 is 6.18 Å². The van der Waals surface area contributed by atoms with Crippen LogP contribution in [0.5, 0.6) is 0 Å². The number of halogens is 3. The van der Waals surface area contributed by atoms with E-state index in [1.807, 2.05) is 0 Å². The van der Waals surface area contributed by atoms with E-state index >= 15 is 0 Å². The molecule has 3 rings (SSSR count). The Morgan fingerprint density at radius 2 is 2.08 bits per heavy atom. The zero-order valence-corrected chi connectivity index (χ0v) is 13.3. The van der Waals surface area contributed by atoms with Gasteiger partial charge in [-0.05, 0) is 24.5 Å². The number of amides is 1. The Labute approximate surface area is 142 Å². The molecule has 1 heterocycles. The van der Waals surface area contributed by atoms with Crippen LogP contribution in [0.1, 0.15) is 40.7 Å². The van der Waals surface area contributed by atoms with Crippen LogP contribution in [0.25, 0.3) is 0 Å². The lowest BCUT2D eigenvalue weighted by Crippen LogP contribution is -2.45. The van der Waals surface area contributed by atoms with Crippen LogP contribution in [0.3, 0.4) is 0 Å². The second-order valence-electron chi connectivity index (χ2n) is 6.22. The van der Waals surface area contributed by atoms with Gasteiger partial charge in [0.1, 0.15) is 12.1 Å². The second-order valence-corrected chi connectivity index (χ2v) is 6.22. The van der Waals surface area contributed by atoms with Gasteiger partial charge in [0.25, 0.3) is 5.91 Å². The molecule has 1 amide bonds. The van der Waals surface area contributed by atoms with Gasteiger partial charge in [-0.25, -0.2) is 9.97 Å². The quantitative estimate of drug-likeness (QED) is 0.888. The molecule has 0 saturated heterocycles. The first kappa shape index (κ1) is 17.2. The molecule has 132 valence electrons. The number of alkyl halides is 3. The van der Waals surface area contributed by atoms with E-state index in [4.69, 9.17) is 5.73 Å². The summed E-state index contributed by atoms with van der Waals surface area (Å²) in [4.78, 5) is 19.8. The maximum absolute atomic E-state index is 13.0. The number of hydrogen-bond acceptors (Lipinski definition) is 4. The first-order valence-corrected chi connectivity index (χ1v) is 7.83. The standard InChI is InChI=1S/C17H17F3N4O/c18-17(19,20)12-4-1-3-11(7-12)16(5-2-6-16)9-23-15(25)13-8-22-10-24-14(13)21/h1,3-4,7-8,10H,2,5-6,9H2,(H,23,25)(H2,21,22,24). The summed E-state index contributed by atoms with van der Waals surface area (Å²) in [5, 5.41) is 2.76. The first-order valence-electron chi connectivity index (χ1n) is 7.83. The number of nitrogens with one attached hydrogen (secondary N) is 1. The summed E-state index contributed by atoms with van der Waals surface area (Å²) in [7, 11) is 0. The van der Waals surface area contributed by atoms with Crippen LogP contribution < -0.4 is 11.1 Å². The van der Waals surface area contributed by atoms with Crippen molar-refractivity contribution in [3.05, 3.63) is 53.5 Å². The van der Waals surface area contributed by atoms with E-state index in [0.717, 1.165) is 25.3 Å². The lowest BCUT2D eigenvalue weighted by atomic mass is 9.64. The summed E-state index contributed by atoms with van der Waals surface area (Å²) in [5.41, 5.74) is 5.23. The van der Waals surface area contributed by atoms with Crippen LogP contribution in [0.15, 0.2) is 36.8 Å². The SMILES string of the molecule is Nc1ncncc1C(=O)NCC1(c2cccc(C(F)(F)F)c2)CCC1. The lowest BCUT2D eigenvalue weighted by Gasteiger charge is -2.43.